The van der Waals surface area contributed by atoms with Crippen molar-refractivity contribution in [3.8, 4) is 11.5 Å². The Labute approximate surface area is 211 Å². The average molecular weight is 567 g/mol. The summed E-state index contributed by atoms with van der Waals surface area (Å²) in [5.74, 6) is -0.703. The van der Waals surface area contributed by atoms with Crippen LogP contribution in [0.5, 0.6) is 11.5 Å². The molecule has 1 aliphatic rings. The molecule has 0 spiro atoms. The summed E-state index contributed by atoms with van der Waals surface area (Å²) < 4.78 is 11.9. The molecule has 1 N–H and O–H groups in total. The van der Waals surface area contributed by atoms with Gasteiger partial charge in [0.05, 0.1) is 25.8 Å². The van der Waals surface area contributed by atoms with Gasteiger partial charge in [0.2, 0.25) is 0 Å². The monoisotopic (exact) mass is 567 g/mol. The van der Waals surface area contributed by atoms with E-state index in [0.29, 0.717) is 22.7 Å². The Bertz CT molecular complexity index is 1280. The van der Waals surface area contributed by atoms with Crippen LogP contribution in [0.2, 0.25) is 0 Å². The molecule has 1 aliphatic heterocycles. The number of halogens is 1. The number of ether oxygens (including phenoxy) is 2. The zero-order valence-electron chi connectivity index (χ0n) is 18.6. The molecule has 0 unspecified atom stereocenters. The van der Waals surface area contributed by atoms with Crippen LogP contribution in [-0.4, -0.2) is 31.0 Å². The largest absolute Gasteiger partial charge is 0.503 e. The maximum absolute atomic E-state index is 13.4. The predicted molar refractivity (Wildman–Crippen MR) is 139 cm³/mol. The molecule has 0 radical (unpaired) electrons. The molecule has 3 aromatic carbocycles. The number of aliphatic hydroxyl groups is 1. The van der Waals surface area contributed by atoms with Gasteiger partial charge in [-0.1, -0.05) is 36.4 Å². The Morgan fingerprint density at radius 2 is 1.71 bits per heavy atom. The number of hydrogen-bond donors (Lipinski definition) is 1. The van der Waals surface area contributed by atoms with Crippen LogP contribution < -0.4 is 14.4 Å². The minimum Gasteiger partial charge on any atom is -0.503 e. The van der Waals surface area contributed by atoms with Crippen molar-refractivity contribution in [3.05, 3.63) is 105 Å². The fraction of sp³-hybridized carbons (Fsp3) is 0.111. The molecule has 0 fully saturated rings. The third-order valence-corrected chi connectivity index (χ3v) is 6.26. The van der Waals surface area contributed by atoms with Crippen molar-refractivity contribution in [2.24, 2.45) is 0 Å². The fourth-order valence-corrected chi connectivity index (χ4v) is 4.25. The van der Waals surface area contributed by atoms with Gasteiger partial charge in [-0.2, -0.15) is 0 Å². The molecule has 7 heteroatoms. The van der Waals surface area contributed by atoms with Gasteiger partial charge >= 0.3 is 0 Å². The van der Waals surface area contributed by atoms with Crippen LogP contribution in [0, 0.1) is 3.57 Å². The predicted octanol–water partition coefficient (Wildman–Crippen LogP) is 5.49. The number of ketones is 1. The van der Waals surface area contributed by atoms with E-state index in [-0.39, 0.29) is 5.57 Å². The van der Waals surface area contributed by atoms with Crippen LogP contribution in [0.25, 0.3) is 6.08 Å². The quantitative estimate of drug-likeness (QED) is 0.302. The van der Waals surface area contributed by atoms with E-state index in [4.69, 9.17) is 9.47 Å². The normalized spacial score (nSPS) is 15.8. The van der Waals surface area contributed by atoms with E-state index in [2.05, 4.69) is 22.6 Å². The Balaban J connectivity index is 1.84. The number of allylic oxidation sites excluding steroid dienone is 1. The number of nitrogens with zero attached hydrogens (tertiary/aromatic N) is 1. The highest BCUT2D eigenvalue weighted by Gasteiger charge is 2.45. The van der Waals surface area contributed by atoms with Crippen LogP contribution in [-0.2, 0) is 9.59 Å². The number of rotatable bonds is 7. The van der Waals surface area contributed by atoms with Crippen LogP contribution in [0.4, 0.5) is 5.69 Å². The minimum atomic E-state index is -0.888. The third-order valence-electron chi connectivity index (χ3n) is 5.54. The second-order valence-corrected chi connectivity index (χ2v) is 8.78. The van der Waals surface area contributed by atoms with Crippen molar-refractivity contribution < 1.29 is 24.2 Å². The van der Waals surface area contributed by atoms with Crippen molar-refractivity contribution in [2.75, 3.05) is 19.1 Å². The minimum absolute atomic E-state index is 0.0146. The number of aliphatic hydroxyl groups excluding tert-OH is 1. The Morgan fingerprint density at radius 3 is 2.35 bits per heavy atom. The molecule has 0 aliphatic carbocycles. The van der Waals surface area contributed by atoms with Gasteiger partial charge in [0.25, 0.3) is 5.91 Å². The lowest BCUT2D eigenvalue weighted by molar-refractivity contribution is -0.117. The molecule has 0 bridgehead atoms. The number of carbonyl (C=O) groups excluding carboxylic acids is 2. The Kier molecular flexibility index (Phi) is 7.02. The van der Waals surface area contributed by atoms with Gasteiger partial charge in [0.15, 0.2) is 11.5 Å². The van der Waals surface area contributed by atoms with Crippen LogP contribution in [0.15, 0.2) is 90.2 Å². The van der Waals surface area contributed by atoms with Crippen molar-refractivity contribution >= 4 is 46.0 Å². The summed E-state index contributed by atoms with van der Waals surface area (Å²) in [6, 6.07) is 20.9. The second kappa shape index (κ2) is 10.1. The number of carbonyl (C=O) groups is 2. The second-order valence-electron chi connectivity index (χ2n) is 7.53. The fourth-order valence-electron chi connectivity index (χ4n) is 3.89. The summed E-state index contributed by atoms with van der Waals surface area (Å²) in [7, 11) is 3.05. The molecule has 3 aromatic rings. The van der Waals surface area contributed by atoms with Gasteiger partial charge in [-0.3, -0.25) is 14.5 Å². The summed E-state index contributed by atoms with van der Waals surface area (Å²) in [4.78, 5) is 28.0. The first-order valence-electron chi connectivity index (χ1n) is 10.5. The Hall–Kier alpha value is -3.59. The summed E-state index contributed by atoms with van der Waals surface area (Å²) in [5.41, 5.74) is 1.91. The summed E-state index contributed by atoms with van der Waals surface area (Å²) in [6.45, 7) is 0. The average Bonchev–Trinajstić information content (AvgIpc) is 3.13. The van der Waals surface area contributed by atoms with E-state index >= 15 is 0 Å². The standard InChI is InChI=1S/C27H22INO5/c1-33-20-13-14-21(23(16-20)34-2)25-24(22(30)15-8-17-6-4-3-5-7-17)26(31)27(32)29(25)19-11-9-18(28)10-12-19/h3-16,25,31H,1-2H3/b15-8+/t25-/m1/s1. The van der Waals surface area contributed by atoms with E-state index < -0.39 is 23.5 Å². The van der Waals surface area contributed by atoms with E-state index in [0.717, 1.165) is 9.13 Å². The van der Waals surface area contributed by atoms with Crippen molar-refractivity contribution in [1.82, 2.24) is 0 Å². The molecule has 1 atom stereocenters. The molecule has 1 amide bonds. The lowest BCUT2D eigenvalue weighted by Gasteiger charge is -2.28. The maximum Gasteiger partial charge on any atom is 0.294 e. The smallest absolute Gasteiger partial charge is 0.294 e. The number of methoxy groups -OCH3 is 2. The zero-order chi connectivity index (χ0) is 24.2. The summed E-state index contributed by atoms with van der Waals surface area (Å²) in [5, 5.41) is 10.9. The summed E-state index contributed by atoms with van der Waals surface area (Å²) in [6.07, 6.45) is 3.03. The van der Waals surface area contributed by atoms with Crippen molar-refractivity contribution in [1.29, 1.82) is 0 Å². The third kappa shape index (κ3) is 4.56. The number of amides is 1. The number of hydrogen-bond acceptors (Lipinski definition) is 5. The van der Waals surface area contributed by atoms with Crippen LogP contribution >= 0.6 is 22.6 Å². The molecule has 4 rings (SSSR count). The number of benzene rings is 3. The highest BCUT2D eigenvalue weighted by molar-refractivity contribution is 14.1. The topological polar surface area (TPSA) is 76.1 Å². The lowest BCUT2D eigenvalue weighted by Crippen LogP contribution is -2.31. The van der Waals surface area contributed by atoms with Gasteiger partial charge in [0.1, 0.15) is 11.5 Å². The highest BCUT2D eigenvalue weighted by atomic mass is 127. The number of anilines is 1. The highest BCUT2D eigenvalue weighted by Crippen LogP contribution is 2.45. The molecule has 1 heterocycles. The van der Waals surface area contributed by atoms with E-state index in [1.807, 2.05) is 42.5 Å². The molecule has 34 heavy (non-hydrogen) atoms. The first-order chi connectivity index (χ1) is 16.4. The first kappa shape index (κ1) is 23.6. The lowest BCUT2D eigenvalue weighted by atomic mass is 9.94. The van der Waals surface area contributed by atoms with Gasteiger partial charge in [-0.15, -0.1) is 0 Å². The van der Waals surface area contributed by atoms with Gasteiger partial charge in [0, 0.05) is 20.9 Å². The van der Waals surface area contributed by atoms with Gasteiger partial charge in [-0.05, 0) is 70.6 Å². The zero-order valence-corrected chi connectivity index (χ0v) is 20.7. The van der Waals surface area contributed by atoms with Crippen molar-refractivity contribution in [3.63, 3.8) is 0 Å². The van der Waals surface area contributed by atoms with Crippen LogP contribution in [0.3, 0.4) is 0 Å². The Morgan fingerprint density at radius 1 is 1.00 bits per heavy atom. The molecule has 0 aromatic heterocycles. The van der Waals surface area contributed by atoms with Gasteiger partial charge in [-0.25, -0.2) is 0 Å². The van der Waals surface area contributed by atoms with E-state index in [9.17, 15) is 14.7 Å². The SMILES string of the molecule is COc1ccc([C@@H]2C(C(=O)/C=C/c3ccccc3)=C(O)C(=O)N2c2ccc(I)cc2)c(OC)c1. The molecular weight excluding hydrogens is 545 g/mol. The molecular formula is C27H22INO5. The van der Waals surface area contributed by atoms with Gasteiger partial charge < -0.3 is 14.6 Å². The summed E-state index contributed by atoms with van der Waals surface area (Å²) >= 11 is 2.18. The van der Waals surface area contributed by atoms with Crippen molar-refractivity contribution in [2.45, 2.75) is 6.04 Å². The molecule has 0 saturated heterocycles. The van der Waals surface area contributed by atoms with Crippen LogP contribution in [0.1, 0.15) is 17.2 Å². The van der Waals surface area contributed by atoms with E-state index in [1.54, 1.807) is 43.5 Å². The van der Waals surface area contributed by atoms with E-state index in [1.165, 1.54) is 18.1 Å². The maximum atomic E-state index is 13.4. The molecule has 6 nitrogen and oxygen atoms in total. The molecule has 0 saturated carbocycles. The molecule has 172 valence electrons. The first-order valence-corrected chi connectivity index (χ1v) is 11.5.